The van der Waals surface area contributed by atoms with E-state index in [1.54, 1.807) is 6.33 Å². The van der Waals surface area contributed by atoms with Gasteiger partial charge < -0.3 is 5.32 Å². The minimum absolute atomic E-state index is 0.572. The van der Waals surface area contributed by atoms with Gasteiger partial charge in [-0.05, 0) is 48.2 Å². The Kier molecular flexibility index (Phi) is 3.00. The summed E-state index contributed by atoms with van der Waals surface area (Å²) in [5.41, 5.74) is 3.25. The van der Waals surface area contributed by atoms with E-state index in [9.17, 15) is 0 Å². The first-order valence-corrected chi connectivity index (χ1v) is 7.45. The highest BCUT2D eigenvalue weighted by molar-refractivity contribution is 6.30. The van der Waals surface area contributed by atoms with Crippen LogP contribution in [0.15, 0.2) is 48.8 Å². The van der Waals surface area contributed by atoms with Gasteiger partial charge in [-0.25, -0.2) is 9.97 Å². The number of aromatic nitrogens is 2. The fourth-order valence-electron chi connectivity index (χ4n) is 2.41. The summed E-state index contributed by atoms with van der Waals surface area (Å²) in [6.07, 6.45) is 4.07. The third kappa shape index (κ3) is 2.57. The number of anilines is 1. The van der Waals surface area contributed by atoms with Gasteiger partial charge in [-0.1, -0.05) is 29.8 Å². The second-order valence-corrected chi connectivity index (χ2v) is 5.82. The van der Waals surface area contributed by atoms with Gasteiger partial charge in [0.2, 0.25) is 0 Å². The van der Waals surface area contributed by atoms with Gasteiger partial charge in [0.1, 0.15) is 12.1 Å². The second-order valence-electron chi connectivity index (χ2n) is 5.38. The molecule has 1 N–H and O–H groups in total. The molecule has 1 fully saturated rings. The predicted molar refractivity (Wildman–Crippen MR) is 86.6 cm³/mol. The van der Waals surface area contributed by atoms with Crippen molar-refractivity contribution in [1.29, 1.82) is 0 Å². The normalized spacial score (nSPS) is 14.3. The highest BCUT2D eigenvalue weighted by atomic mass is 35.5. The predicted octanol–water partition coefficient (Wildman–Crippen LogP) is 4.52. The van der Waals surface area contributed by atoms with Crippen LogP contribution in [-0.4, -0.2) is 16.0 Å². The van der Waals surface area contributed by atoms with Crippen LogP contribution in [0.5, 0.6) is 0 Å². The molecule has 0 bridgehead atoms. The van der Waals surface area contributed by atoms with E-state index in [0.29, 0.717) is 6.04 Å². The third-order valence-corrected chi connectivity index (χ3v) is 3.98. The summed E-state index contributed by atoms with van der Waals surface area (Å²) >= 11 is 5.95. The summed E-state index contributed by atoms with van der Waals surface area (Å²) in [7, 11) is 0. The van der Waals surface area contributed by atoms with Gasteiger partial charge in [-0.3, -0.25) is 0 Å². The van der Waals surface area contributed by atoms with E-state index in [1.165, 1.54) is 12.8 Å². The monoisotopic (exact) mass is 295 g/mol. The molecule has 1 aliphatic carbocycles. The maximum atomic E-state index is 5.95. The molecule has 0 unspecified atom stereocenters. The van der Waals surface area contributed by atoms with Crippen molar-refractivity contribution in [2.24, 2.45) is 0 Å². The quantitative estimate of drug-likeness (QED) is 0.772. The first-order valence-electron chi connectivity index (χ1n) is 7.07. The average molecular weight is 296 g/mol. The summed E-state index contributed by atoms with van der Waals surface area (Å²) in [6, 6.07) is 14.7. The van der Waals surface area contributed by atoms with Crippen molar-refractivity contribution < 1.29 is 0 Å². The van der Waals surface area contributed by atoms with Gasteiger partial charge >= 0.3 is 0 Å². The fraction of sp³-hybridized carbons (Fsp3) is 0.176. The lowest BCUT2D eigenvalue weighted by molar-refractivity contribution is 1.10. The molecule has 1 aromatic heterocycles. The summed E-state index contributed by atoms with van der Waals surface area (Å²) in [6.45, 7) is 0. The fourth-order valence-corrected chi connectivity index (χ4v) is 2.54. The molecule has 0 atom stereocenters. The Morgan fingerprint density at radius 2 is 1.71 bits per heavy atom. The first-order chi connectivity index (χ1) is 10.3. The van der Waals surface area contributed by atoms with Crippen molar-refractivity contribution in [2.75, 3.05) is 5.32 Å². The van der Waals surface area contributed by atoms with Gasteiger partial charge in [0.15, 0.2) is 0 Å². The standard InChI is InChI=1S/C17H14ClN3/c18-13-4-1-11(2-5-13)12-3-8-16-15(9-12)17(20-10-19-16)21-14-6-7-14/h1-5,8-10,14H,6-7H2,(H,19,20,21). The molecule has 0 amide bonds. The second kappa shape index (κ2) is 5.01. The molecule has 3 aromatic rings. The van der Waals surface area contributed by atoms with Gasteiger partial charge in [0, 0.05) is 16.5 Å². The average Bonchev–Trinajstić information content (AvgIpc) is 3.32. The van der Waals surface area contributed by atoms with E-state index in [0.717, 1.165) is 32.9 Å². The number of hydrogen-bond donors (Lipinski definition) is 1. The van der Waals surface area contributed by atoms with Crippen molar-refractivity contribution in [3.63, 3.8) is 0 Å². The zero-order valence-electron chi connectivity index (χ0n) is 11.4. The minimum Gasteiger partial charge on any atom is -0.367 e. The Morgan fingerprint density at radius 1 is 0.952 bits per heavy atom. The Morgan fingerprint density at radius 3 is 2.48 bits per heavy atom. The van der Waals surface area contributed by atoms with Crippen molar-refractivity contribution in [3.8, 4) is 11.1 Å². The Bertz CT molecular complexity index is 795. The Hall–Kier alpha value is -2.13. The highest BCUT2D eigenvalue weighted by Crippen LogP contribution is 2.30. The SMILES string of the molecule is Clc1ccc(-c2ccc3ncnc(NC4CC4)c3c2)cc1. The van der Waals surface area contributed by atoms with Crippen LogP contribution in [0, 0.1) is 0 Å². The van der Waals surface area contributed by atoms with E-state index >= 15 is 0 Å². The molecule has 4 heteroatoms. The lowest BCUT2D eigenvalue weighted by atomic mass is 10.0. The molecule has 0 spiro atoms. The van der Waals surface area contributed by atoms with Crippen LogP contribution in [0.4, 0.5) is 5.82 Å². The molecule has 2 aromatic carbocycles. The van der Waals surface area contributed by atoms with E-state index in [2.05, 4.69) is 27.4 Å². The smallest absolute Gasteiger partial charge is 0.137 e. The minimum atomic E-state index is 0.572. The Balaban J connectivity index is 1.81. The molecule has 21 heavy (non-hydrogen) atoms. The number of halogens is 1. The number of benzene rings is 2. The molecule has 0 radical (unpaired) electrons. The van der Waals surface area contributed by atoms with Gasteiger partial charge in [0.05, 0.1) is 5.52 Å². The first kappa shape index (κ1) is 12.6. The van der Waals surface area contributed by atoms with Crippen molar-refractivity contribution in [3.05, 3.63) is 53.8 Å². The van der Waals surface area contributed by atoms with E-state index < -0.39 is 0 Å². The zero-order valence-corrected chi connectivity index (χ0v) is 12.1. The maximum Gasteiger partial charge on any atom is 0.137 e. The molecule has 1 aliphatic rings. The molecule has 3 nitrogen and oxygen atoms in total. The van der Waals surface area contributed by atoms with E-state index in [4.69, 9.17) is 11.6 Å². The third-order valence-electron chi connectivity index (χ3n) is 3.73. The maximum absolute atomic E-state index is 5.95. The number of hydrogen-bond acceptors (Lipinski definition) is 3. The van der Waals surface area contributed by atoms with Crippen molar-refractivity contribution in [2.45, 2.75) is 18.9 Å². The summed E-state index contributed by atoms with van der Waals surface area (Å²) in [5.74, 6) is 0.929. The van der Waals surface area contributed by atoms with E-state index in [1.807, 2.05) is 30.3 Å². The summed E-state index contributed by atoms with van der Waals surface area (Å²) < 4.78 is 0. The summed E-state index contributed by atoms with van der Waals surface area (Å²) in [4.78, 5) is 8.74. The van der Waals surface area contributed by atoms with Crippen LogP contribution in [0.1, 0.15) is 12.8 Å². The number of fused-ring (bicyclic) bond motifs is 1. The molecular formula is C17H14ClN3. The van der Waals surface area contributed by atoms with Gasteiger partial charge in [0.25, 0.3) is 0 Å². The lowest BCUT2D eigenvalue weighted by Crippen LogP contribution is -2.04. The zero-order chi connectivity index (χ0) is 14.2. The number of rotatable bonds is 3. The molecule has 0 aliphatic heterocycles. The van der Waals surface area contributed by atoms with Gasteiger partial charge in [-0.15, -0.1) is 0 Å². The molecule has 4 rings (SSSR count). The molecular weight excluding hydrogens is 282 g/mol. The molecule has 1 heterocycles. The van der Waals surface area contributed by atoms with Crippen LogP contribution in [0.3, 0.4) is 0 Å². The molecule has 1 saturated carbocycles. The number of nitrogens with zero attached hydrogens (tertiary/aromatic N) is 2. The van der Waals surface area contributed by atoms with Crippen molar-refractivity contribution in [1.82, 2.24) is 9.97 Å². The van der Waals surface area contributed by atoms with Crippen LogP contribution in [-0.2, 0) is 0 Å². The largest absolute Gasteiger partial charge is 0.367 e. The summed E-state index contributed by atoms with van der Waals surface area (Å²) in [5, 5.41) is 5.29. The molecule has 0 saturated heterocycles. The van der Waals surface area contributed by atoms with Crippen LogP contribution >= 0.6 is 11.6 Å². The van der Waals surface area contributed by atoms with Gasteiger partial charge in [-0.2, -0.15) is 0 Å². The van der Waals surface area contributed by atoms with Crippen molar-refractivity contribution >= 4 is 28.3 Å². The lowest BCUT2D eigenvalue weighted by Gasteiger charge is -2.09. The van der Waals surface area contributed by atoms with Crippen LogP contribution in [0.2, 0.25) is 5.02 Å². The topological polar surface area (TPSA) is 37.8 Å². The van der Waals surface area contributed by atoms with Crippen LogP contribution in [0.25, 0.3) is 22.0 Å². The van der Waals surface area contributed by atoms with E-state index in [-0.39, 0.29) is 0 Å². The van der Waals surface area contributed by atoms with Crippen LogP contribution < -0.4 is 5.32 Å². The molecule has 104 valence electrons. The number of nitrogens with one attached hydrogen (secondary N) is 1. The highest BCUT2D eigenvalue weighted by Gasteiger charge is 2.22. The Labute approximate surface area is 128 Å².